The van der Waals surface area contributed by atoms with Gasteiger partial charge in [0.05, 0.1) is 13.7 Å². The molecule has 0 aliphatic rings. The van der Waals surface area contributed by atoms with Gasteiger partial charge in [0.1, 0.15) is 5.75 Å². The second kappa shape index (κ2) is 8.40. The van der Waals surface area contributed by atoms with Crippen LogP contribution in [0.2, 0.25) is 0 Å². The van der Waals surface area contributed by atoms with Crippen molar-refractivity contribution in [3.05, 3.63) is 54.1 Å². The molecule has 2 amide bonds. The Bertz CT molecular complexity index is 699. The van der Waals surface area contributed by atoms with Gasteiger partial charge in [-0.2, -0.15) is 0 Å². The fourth-order valence-corrected chi connectivity index (χ4v) is 2.52. The molecule has 5 nitrogen and oxygen atoms in total. The lowest BCUT2D eigenvalue weighted by atomic mass is 10.2. The van der Waals surface area contributed by atoms with Crippen LogP contribution in [0.25, 0.3) is 0 Å². The van der Waals surface area contributed by atoms with Gasteiger partial charge >= 0.3 is 0 Å². The number of benzene rings is 2. The third-order valence-electron chi connectivity index (χ3n) is 3.44. The molecule has 0 bridgehead atoms. The van der Waals surface area contributed by atoms with Crippen LogP contribution in [-0.4, -0.2) is 43.7 Å². The molecule has 0 fully saturated rings. The fourth-order valence-electron chi connectivity index (χ4n) is 2.12. The van der Waals surface area contributed by atoms with E-state index in [2.05, 4.69) is 5.32 Å². The first-order valence-electron chi connectivity index (χ1n) is 7.37. The Hall–Kier alpha value is -2.47. The number of hydrogen-bond donors (Lipinski definition) is 1. The topological polar surface area (TPSA) is 58.6 Å². The predicted octanol–water partition coefficient (Wildman–Crippen LogP) is 3.13. The van der Waals surface area contributed by atoms with Crippen molar-refractivity contribution in [2.75, 3.05) is 32.3 Å². The highest BCUT2D eigenvalue weighted by atomic mass is 32.2. The van der Waals surface area contributed by atoms with Crippen LogP contribution in [-0.2, 0) is 4.79 Å². The van der Waals surface area contributed by atoms with Crippen molar-refractivity contribution in [2.45, 2.75) is 4.90 Å². The minimum Gasteiger partial charge on any atom is -0.497 e. The van der Waals surface area contributed by atoms with Crippen molar-refractivity contribution in [3.63, 3.8) is 0 Å². The first-order valence-corrected chi connectivity index (χ1v) is 8.59. The molecule has 0 spiro atoms. The molecule has 0 heterocycles. The molecule has 0 saturated heterocycles. The molecule has 0 saturated carbocycles. The molecule has 126 valence electrons. The van der Waals surface area contributed by atoms with Crippen molar-refractivity contribution in [1.82, 2.24) is 4.90 Å². The SMILES string of the molecule is COc1ccc(NC(=O)CN(C)C(=O)c2ccc(SC)cc2)cc1. The Labute approximate surface area is 146 Å². The Morgan fingerprint density at radius 1 is 1.08 bits per heavy atom. The zero-order valence-corrected chi connectivity index (χ0v) is 14.7. The van der Waals surface area contributed by atoms with Gasteiger partial charge in [0.2, 0.25) is 5.91 Å². The second-order valence-electron chi connectivity index (χ2n) is 5.17. The Kier molecular flexibility index (Phi) is 6.26. The van der Waals surface area contributed by atoms with E-state index < -0.39 is 0 Å². The summed E-state index contributed by atoms with van der Waals surface area (Å²) in [7, 11) is 3.19. The Balaban J connectivity index is 1.92. The molecule has 2 aromatic rings. The van der Waals surface area contributed by atoms with E-state index in [9.17, 15) is 9.59 Å². The molecular weight excluding hydrogens is 324 g/mol. The maximum Gasteiger partial charge on any atom is 0.254 e. The van der Waals surface area contributed by atoms with Gasteiger partial charge in [0.15, 0.2) is 0 Å². The van der Waals surface area contributed by atoms with Gasteiger partial charge in [0, 0.05) is 23.2 Å². The molecular formula is C18H20N2O3S. The molecule has 6 heteroatoms. The maximum absolute atomic E-state index is 12.3. The summed E-state index contributed by atoms with van der Waals surface area (Å²) >= 11 is 1.61. The number of amides is 2. The Morgan fingerprint density at radius 2 is 1.71 bits per heavy atom. The number of methoxy groups -OCH3 is 1. The number of thioether (sulfide) groups is 1. The average Bonchev–Trinajstić information content (AvgIpc) is 2.61. The van der Waals surface area contributed by atoms with Crippen LogP contribution in [0, 0.1) is 0 Å². The lowest BCUT2D eigenvalue weighted by Gasteiger charge is -2.17. The molecule has 0 atom stereocenters. The molecule has 0 aliphatic heterocycles. The molecule has 0 radical (unpaired) electrons. The van der Waals surface area contributed by atoms with Crippen LogP contribution in [0.1, 0.15) is 10.4 Å². The highest BCUT2D eigenvalue weighted by molar-refractivity contribution is 7.98. The Morgan fingerprint density at radius 3 is 2.25 bits per heavy atom. The summed E-state index contributed by atoms with van der Waals surface area (Å²) < 4.78 is 5.07. The van der Waals surface area contributed by atoms with Gasteiger partial charge in [-0.3, -0.25) is 9.59 Å². The van der Waals surface area contributed by atoms with Crippen molar-refractivity contribution in [2.24, 2.45) is 0 Å². The van der Waals surface area contributed by atoms with E-state index in [1.54, 1.807) is 62.3 Å². The van der Waals surface area contributed by atoms with Crippen LogP contribution in [0.4, 0.5) is 5.69 Å². The number of rotatable bonds is 6. The van der Waals surface area contributed by atoms with Gasteiger partial charge in [-0.05, 0) is 54.8 Å². The molecule has 1 N–H and O–H groups in total. The minimum atomic E-state index is -0.253. The number of carbonyl (C=O) groups is 2. The number of anilines is 1. The highest BCUT2D eigenvalue weighted by Gasteiger charge is 2.15. The van der Waals surface area contributed by atoms with Crippen molar-refractivity contribution < 1.29 is 14.3 Å². The van der Waals surface area contributed by atoms with Crippen molar-refractivity contribution in [3.8, 4) is 5.75 Å². The van der Waals surface area contributed by atoms with Crippen molar-refractivity contribution in [1.29, 1.82) is 0 Å². The lowest BCUT2D eigenvalue weighted by molar-refractivity contribution is -0.116. The molecule has 0 aromatic heterocycles. The largest absolute Gasteiger partial charge is 0.497 e. The molecule has 0 aliphatic carbocycles. The third kappa shape index (κ3) is 4.76. The number of nitrogens with zero attached hydrogens (tertiary/aromatic N) is 1. The van der Waals surface area contributed by atoms with E-state index in [-0.39, 0.29) is 18.4 Å². The zero-order chi connectivity index (χ0) is 17.5. The van der Waals surface area contributed by atoms with Gasteiger partial charge in [-0.1, -0.05) is 0 Å². The number of hydrogen-bond acceptors (Lipinski definition) is 4. The van der Waals surface area contributed by atoms with Gasteiger partial charge in [0.25, 0.3) is 5.91 Å². The summed E-state index contributed by atoms with van der Waals surface area (Å²) in [6.45, 7) is -0.0187. The first-order chi connectivity index (χ1) is 11.5. The molecule has 0 unspecified atom stereocenters. The second-order valence-corrected chi connectivity index (χ2v) is 6.05. The number of carbonyl (C=O) groups excluding carboxylic acids is 2. The predicted molar refractivity (Wildman–Crippen MR) is 96.8 cm³/mol. The highest BCUT2D eigenvalue weighted by Crippen LogP contribution is 2.16. The van der Waals surface area contributed by atoms with Crippen LogP contribution in [0.3, 0.4) is 0 Å². The van der Waals surface area contributed by atoms with E-state index in [4.69, 9.17) is 4.74 Å². The standard InChI is InChI=1S/C18H20N2O3S/c1-20(18(22)13-4-10-16(24-3)11-5-13)12-17(21)19-14-6-8-15(23-2)9-7-14/h4-11H,12H2,1-3H3,(H,19,21). The summed E-state index contributed by atoms with van der Waals surface area (Å²) in [5, 5.41) is 2.76. The van der Waals surface area contributed by atoms with Crippen LogP contribution >= 0.6 is 11.8 Å². The quantitative estimate of drug-likeness (QED) is 0.818. The monoisotopic (exact) mass is 344 g/mol. The van der Waals surface area contributed by atoms with Gasteiger partial charge in [-0.15, -0.1) is 11.8 Å². The smallest absolute Gasteiger partial charge is 0.254 e. The van der Waals surface area contributed by atoms with E-state index in [1.165, 1.54) is 4.90 Å². The lowest BCUT2D eigenvalue weighted by Crippen LogP contribution is -2.34. The van der Waals surface area contributed by atoms with Crippen LogP contribution in [0.15, 0.2) is 53.4 Å². The third-order valence-corrected chi connectivity index (χ3v) is 4.18. The van der Waals surface area contributed by atoms with Crippen molar-refractivity contribution >= 4 is 29.3 Å². The maximum atomic E-state index is 12.3. The summed E-state index contributed by atoms with van der Waals surface area (Å²) in [5.41, 5.74) is 1.22. The molecule has 2 rings (SSSR count). The van der Waals surface area contributed by atoms with E-state index in [0.717, 1.165) is 4.90 Å². The first kappa shape index (κ1) is 17.9. The van der Waals surface area contributed by atoms with E-state index >= 15 is 0 Å². The van der Waals surface area contributed by atoms with Crippen LogP contribution < -0.4 is 10.1 Å². The summed E-state index contributed by atoms with van der Waals surface area (Å²) in [4.78, 5) is 26.9. The zero-order valence-electron chi connectivity index (χ0n) is 13.9. The summed E-state index contributed by atoms with van der Waals surface area (Å²) in [6, 6.07) is 14.3. The van der Waals surface area contributed by atoms with E-state index in [0.29, 0.717) is 17.0 Å². The summed E-state index contributed by atoms with van der Waals surface area (Å²) in [6.07, 6.45) is 1.98. The number of nitrogens with one attached hydrogen (secondary N) is 1. The van der Waals surface area contributed by atoms with Crippen LogP contribution in [0.5, 0.6) is 5.75 Å². The van der Waals surface area contributed by atoms with Gasteiger partial charge in [-0.25, -0.2) is 0 Å². The normalized spacial score (nSPS) is 10.1. The summed E-state index contributed by atoms with van der Waals surface area (Å²) in [5.74, 6) is 0.276. The van der Waals surface area contributed by atoms with E-state index in [1.807, 2.05) is 18.4 Å². The van der Waals surface area contributed by atoms with Gasteiger partial charge < -0.3 is 15.0 Å². The average molecular weight is 344 g/mol. The molecule has 24 heavy (non-hydrogen) atoms. The molecule has 2 aromatic carbocycles. The fraction of sp³-hybridized carbons (Fsp3) is 0.222. The number of ether oxygens (including phenoxy) is 1. The minimum absolute atomic E-state index is 0.0187. The number of likely N-dealkylation sites (N-methyl/N-ethyl adjacent to an activating group) is 1.